The minimum atomic E-state index is -1.81. The Morgan fingerprint density at radius 1 is 1.00 bits per heavy atom. The van der Waals surface area contributed by atoms with Crippen molar-refractivity contribution in [3.63, 3.8) is 0 Å². The second-order valence-electron chi connectivity index (χ2n) is 14.5. The van der Waals surface area contributed by atoms with E-state index in [1.165, 1.54) is 53.3 Å². The van der Waals surface area contributed by atoms with Gasteiger partial charge in [-0.25, -0.2) is 0 Å². The van der Waals surface area contributed by atoms with Gasteiger partial charge >= 0.3 is 12.0 Å². The maximum atomic E-state index is 12.1. The number of carbonyl (C=O) groups excluding carboxylic acids is 1. The molecule has 1 unspecified atom stereocenters. The number of aromatic nitrogens is 2. The number of nitrogens with zero attached hydrogens (tertiary/aromatic N) is 2. The van der Waals surface area contributed by atoms with Gasteiger partial charge in [0.1, 0.15) is 6.61 Å². The van der Waals surface area contributed by atoms with Crippen molar-refractivity contribution in [2.24, 2.45) is 5.41 Å². The average Bonchev–Trinajstić information content (AvgIpc) is 3.67. The summed E-state index contributed by atoms with van der Waals surface area (Å²) >= 11 is 0. The van der Waals surface area contributed by atoms with Gasteiger partial charge in [0.25, 0.3) is 0 Å². The number of hydrogen-bond donors (Lipinski definition) is 0. The molecule has 1 saturated carbocycles. The van der Waals surface area contributed by atoms with E-state index < -0.39 is 8.32 Å². The fourth-order valence-corrected chi connectivity index (χ4v) is 7.72. The fourth-order valence-electron chi connectivity index (χ4n) is 6.69. The Morgan fingerprint density at radius 2 is 1.70 bits per heavy atom. The van der Waals surface area contributed by atoms with E-state index in [0.29, 0.717) is 31.6 Å². The standard InChI is InChI=1S/C37H50N2O4Si/c1-24-28(15-13-27-14-16-31-29(21-27)23-37(17-18-37)32(31)22-33(40)41-7)11-10-12-30(24)34-25(2)38-35(39-26(34)3)42-19-20-43-44(8,9)36(4,5)6/h10-12,14,16,21,32H,13,15,17-20,22-23H2,1-9H3. The molecule has 1 spiro atoms. The van der Waals surface area contributed by atoms with Gasteiger partial charge in [-0.3, -0.25) is 4.79 Å². The van der Waals surface area contributed by atoms with Crippen LogP contribution in [0, 0.1) is 26.2 Å². The maximum Gasteiger partial charge on any atom is 0.316 e. The Morgan fingerprint density at radius 3 is 2.34 bits per heavy atom. The number of carbonyl (C=O) groups is 1. The van der Waals surface area contributed by atoms with Crippen molar-refractivity contribution in [3.8, 4) is 17.1 Å². The first-order valence-electron chi connectivity index (χ1n) is 16.1. The highest BCUT2D eigenvalue weighted by Gasteiger charge is 2.54. The summed E-state index contributed by atoms with van der Waals surface area (Å²) in [6, 6.07) is 13.9. The largest absolute Gasteiger partial charge is 0.469 e. The lowest BCUT2D eigenvalue weighted by Crippen LogP contribution is -2.41. The number of esters is 1. The van der Waals surface area contributed by atoms with Gasteiger partial charge in [0.2, 0.25) is 0 Å². The Balaban J connectivity index is 1.25. The van der Waals surface area contributed by atoms with Crippen LogP contribution in [0.25, 0.3) is 11.1 Å². The number of fused-ring (bicyclic) bond motifs is 1. The lowest BCUT2D eigenvalue weighted by molar-refractivity contribution is -0.141. The predicted octanol–water partition coefficient (Wildman–Crippen LogP) is 8.24. The van der Waals surface area contributed by atoms with Crippen LogP contribution >= 0.6 is 0 Å². The number of hydrogen-bond acceptors (Lipinski definition) is 6. The van der Waals surface area contributed by atoms with Gasteiger partial charge in [0.05, 0.1) is 31.5 Å². The first-order chi connectivity index (χ1) is 20.7. The third kappa shape index (κ3) is 6.64. The van der Waals surface area contributed by atoms with Gasteiger partial charge in [-0.1, -0.05) is 57.2 Å². The molecular formula is C37H50N2O4Si. The summed E-state index contributed by atoms with van der Waals surface area (Å²) in [7, 11) is -0.321. The van der Waals surface area contributed by atoms with E-state index in [2.05, 4.69) is 77.2 Å². The Hall–Kier alpha value is -3.03. The Labute approximate surface area is 265 Å². The third-order valence-corrected chi connectivity index (χ3v) is 15.1. The molecule has 0 bridgehead atoms. The van der Waals surface area contributed by atoms with E-state index in [4.69, 9.17) is 23.9 Å². The smallest absolute Gasteiger partial charge is 0.316 e. The molecular weight excluding hydrogens is 565 g/mol. The normalized spacial score (nSPS) is 17.1. The van der Waals surface area contributed by atoms with Crippen molar-refractivity contribution < 1.29 is 18.7 Å². The fraction of sp³-hybridized carbons (Fsp3) is 0.541. The molecule has 0 saturated heterocycles. The molecule has 0 radical (unpaired) electrons. The Kier molecular flexibility index (Phi) is 9.12. The zero-order valence-corrected chi connectivity index (χ0v) is 29.2. The number of methoxy groups -OCH3 is 1. The van der Waals surface area contributed by atoms with E-state index >= 15 is 0 Å². The second kappa shape index (κ2) is 12.4. The molecule has 0 N–H and O–H groups in total. The average molecular weight is 615 g/mol. The molecule has 2 aliphatic carbocycles. The first-order valence-corrected chi connectivity index (χ1v) is 19.0. The molecule has 6 nitrogen and oxygen atoms in total. The summed E-state index contributed by atoms with van der Waals surface area (Å²) in [5.41, 5.74) is 11.2. The van der Waals surface area contributed by atoms with E-state index in [1.807, 2.05) is 13.8 Å². The van der Waals surface area contributed by atoms with Gasteiger partial charge < -0.3 is 13.9 Å². The highest BCUT2D eigenvalue weighted by molar-refractivity contribution is 6.74. The van der Waals surface area contributed by atoms with E-state index in [9.17, 15) is 4.79 Å². The van der Waals surface area contributed by atoms with Crippen molar-refractivity contribution in [1.82, 2.24) is 9.97 Å². The van der Waals surface area contributed by atoms with E-state index in [0.717, 1.165) is 36.2 Å². The van der Waals surface area contributed by atoms with Gasteiger partial charge in [-0.15, -0.1) is 0 Å². The molecule has 0 aliphatic heterocycles. The Bertz CT molecular complexity index is 1510. The van der Waals surface area contributed by atoms with Gasteiger partial charge in [-0.2, -0.15) is 9.97 Å². The quantitative estimate of drug-likeness (QED) is 0.123. The van der Waals surface area contributed by atoms with Crippen LogP contribution in [-0.2, 0) is 33.2 Å². The molecule has 2 aromatic carbocycles. The van der Waals surface area contributed by atoms with E-state index in [1.54, 1.807) is 0 Å². The van der Waals surface area contributed by atoms with Crippen LogP contribution in [0.5, 0.6) is 6.01 Å². The zero-order valence-electron chi connectivity index (χ0n) is 28.2. The summed E-state index contributed by atoms with van der Waals surface area (Å²) in [5.74, 6) is 0.206. The van der Waals surface area contributed by atoms with Crippen molar-refractivity contribution in [1.29, 1.82) is 0 Å². The number of rotatable bonds is 11. The zero-order chi connectivity index (χ0) is 31.9. The third-order valence-electron chi connectivity index (χ3n) is 10.6. The van der Waals surface area contributed by atoms with Crippen molar-refractivity contribution >= 4 is 14.3 Å². The molecule has 3 aromatic rings. The van der Waals surface area contributed by atoms with Crippen molar-refractivity contribution in [2.45, 2.75) is 104 Å². The first kappa shape index (κ1) is 32.4. The van der Waals surface area contributed by atoms with Gasteiger partial charge in [0.15, 0.2) is 8.32 Å². The van der Waals surface area contributed by atoms with Crippen molar-refractivity contribution in [3.05, 3.63) is 75.6 Å². The highest BCUT2D eigenvalue weighted by atomic mass is 28.4. The molecule has 44 heavy (non-hydrogen) atoms. The summed E-state index contributed by atoms with van der Waals surface area (Å²) in [5, 5.41) is 0.168. The topological polar surface area (TPSA) is 70.5 Å². The molecule has 1 atom stereocenters. The molecule has 236 valence electrons. The number of ether oxygens (including phenoxy) is 2. The molecule has 1 fully saturated rings. The second-order valence-corrected chi connectivity index (χ2v) is 19.3. The summed E-state index contributed by atoms with van der Waals surface area (Å²) in [6.45, 7) is 18.5. The molecule has 0 amide bonds. The van der Waals surface area contributed by atoms with Crippen LogP contribution in [0.15, 0.2) is 36.4 Å². The lowest BCUT2D eigenvalue weighted by atomic mass is 9.86. The van der Waals surface area contributed by atoms with E-state index in [-0.39, 0.29) is 16.4 Å². The van der Waals surface area contributed by atoms with Crippen molar-refractivity contribution in [2.75, 3.05) is 20.3 Å². The van der Waals surface area contributed by atoms with Gasteiger partial charge in [0, 0.05) is 11.5 Å². The predicted molar refractivity (Wildman–Crippen MR) is 179 cm³/mol. The molecule has 2 aliphatic rings. The molecule has 1 aromatic heterocycles. The summed E-state index contributed by atoms with van der Waals surface area (Å²) in [6.07, 6.45) is 5.95. The van der Waals surface area contributed by atoms with Crippen LogP contribution in [-0.4, -0.2) is 44.6 Å². The van der Waals surface area contributed by atoms with Gasteiger partial charge in [-0.05, 0) is 110 Å². The SMILES string of the molecule is COC(=O)CC1c2ccc(CCc3cccc(-c4c(C)nc(OCCO[Si](C)(C)C(C)(C)C)nc4C)c3C)cc2CC12CC2. The van der Waals surface area contributed by atoms with Crippen LogP contribution in [0.1, 0.15) is 85.2 Å². The minimum absolute atomic E-state index is 0.0988. The lowest BCUT2D eigenvalue weighted by Gasteiger charge is -2.36. The summed E-state index contributed by atoms with van der Waals surface area (Å²) < 4.78 is 17.2. The molecule has 1 heterocycles. The van der Waals surface area contributed by atoms with Crippen LogP contribution < -0.4 is 4.74 Å². The highest BCUT2D eigenvalue weighted by Crippen LogP contribution is 2.64. The summed E-state index contributed by atoms with van der Waals surface area (Å²) in [4.78, 5) is 21.6. The molecule has 7 heteroatoms. The van der Waals surface area contributed by atoms with Crippen LogP contribution in [0.2, 0.25) is 18.1 Å². The van der Waals surface area contributed by atoms with Crippen LogP contribution in [0.4, 0.5) is 0 Å². The van der Waals surface area contributed by atoms with Crippen LogP contribution in [0.3, 0.4) is 0 Å². The molecule has 5 rings (SSSR count). The number of benzene rings is 2. The number of aryl methyl sites for hydroxylation is 4. The monoisotopic (exact) mass is 614 g/mol. The minimum Gasteiger partial charge on any atom is -0.469 e. The maximum absolute atomic E-state index is 12.1.